The van der Waals surface area contributed by atoms with Crippen LogP contribution in [0.25, 0.3) is 0 Å². The average Bonchev–Trinajstić information content (AvgIpc) is 2.83. The zero-order valence-corrected chi connectivity index (χ0v) is 11.5. The molecule has 2 atom stereocenters. The van der Waals surface area contributed by atoms with Crippen molar-refractivity contribution in [3.63, 3.8) is 0 Å². The molecule has 2 heterocycles. The van der Waals surface area contributed by atoms with Crippen LogP contribution in [0.2, 0.25) is 0 Å². The number of ether oxygens (including phenoxy) is 1. The largest absolute Gasteiger partial charge is 0.480 e. The summed E-state index contributed by atoms with van der Waals surface area (Å²) in [6.45, 7) is 5.84. The van der Waals surface area contributed by atoms with Crippen molar-refractivity contribution < 1.29 is 14.6 Å². The minimum Gasteiger partial charge on any atom is -0.480 e. The van der Waals surface area contributed by atoms with Crippen LogP contribution in [0.3, 0.4) is 0 Å². The van der Waals surface area contributed by atoms with E-state index in [1.165, 1.54) is 4.88 Å². The van der Waals surface area contributed by atoms with E-state index < -0.39 is 12.0 Å². The molecule has 0 radical (unpaired) electrons. The first-order valence-electron chi connectivity index (χ1n) is 6.21. The smallest absolute Gasteiger partial charge is 0.323 e. The van der Waals surface area contributed by atoms with E-state index >= 15 is 0 Å². The van der Waals surface area contributed by atoms with Crippen molar-refractivity contribution in [2.75, 3.05) is 19.8 Å². The van der Waals surface area contributed by atoms with Crippen molar-refractivity contribution in [3.8, 4) is 0 Å². The van der Waals surface area contributed by atoms with Gasteiger partial charge in [-0.1, -0.05) is 19.9 Å². The van der Waals surface area contributed by atoms with E-state index in [0.717, 1.165) is 0 Å². The second-order valence-electron chi connectivity index (χ2n) is 4.87. The summed E-state index contributed by atoms with van der Waals surface area (Å²) in [6.07, 6.45) is 0. The molecule has 100 valence electrons. The van der Waals surface area contributed by atoms with Gasteiger partial charge in [-0.15, -0.1) is 11.3 Å². The van der Waals surface area contributed by atoms with Gasteiger partial charge in [0.25, 0.3) is 0 Å². The van der Waals surface area contributed by atoms with Crippen molar-refractivity contribution in [2.45, 2.75) is 25.9 Å². The highest BCUT2D eigenvalue weighted by atomic mass is 32.1. The lowest BCUT2D eigenvalue weighted by Crippen LogP contribution is -2.52. The molecule has 1 aromatic heterocycles. The minimum atomic E-state index is -0.795. The molecule has 0 saturated carbocycles. The summed E-state index contributed by atoms with van der Waals surface area (Å²) in [5, 5.41) is 11.4. The second kappa shape index (κ2) is 5.82. The fourth-order valence-corrected chi connectivity index (χ4v) is 3.52. The monoisotopic (exact) mass is 269 g/mol. The third-order valence-electron chi connectivity index (χ3n) is 3.28. The van der Waals surface area contributed by atoms with Crippen molar-refractivity contribution in [2.24, 2.45) is 5.92 Å². The van der Waals surface area contributed by atoms with Crippen LogP contribution < -0.4 is 0 Å². The maximum atomic E-state index is 11.3. The second-order valence-corrected chi connectivity index (χ2v) is 5.85. The van der Waals surface area contributed by atoms with E-state index in [2.05, 4.69) is 24.8 Å². The lowest BCUT2D eigenvalue weighted by atomic mass is 9.98. The van der Waals surface area contributed by atoms with Crippen molar-refractivity contribution in [3.05, 3.63) is 22.4 Å². The number of aliphatic carboxylic acids is 1. The highest BCUT2D eigenvalue weighted by molar-refractivity contribution is 7.10. The van der Waals surface area contributed by atoms with E-state index in [4.69, 9.17) is 4.74 Å². The van der Waals surface area contributed by atoms with Gasteiger partial charge in [0.2, 0.25) is 0 Å². The molecule has 2 rings (SSSR count). The van der Waals surface area contributed by atoms with Crippen molar-refractivity contribution in [1.29, 1.82) is 0 Å². The molecule has 4 nitrogen and oxygen atoms in total. The Hall–Kier alpha value is -0.910. The number of carboxylic acid groups (broad SMARTS) is 1. The summed E-state index contributed by atoms with van der Waals surface area (Å²) in [6, 6.07) is 3.73. The quantitative estimate of drug-likeness (QED) is 0.910. The van der Waals surface area contributed by atoms with E-state index in [0.29, 0.717) is 19.1 Å². The number of morpholine rings is 1. The van der Waals surface area contributed by atoms with Gasteiger partial charge in [-0.05, 0) is 17.4 Å². The number of hydrogen-bond donors (Lipinski definition) is 1. The molecule has 18 heavy (non-hydrogen) atoms. The summed E-state index contributed by atoms with van der Waals surface area (Å²) in [7, 11) is 0. The van der Waals surface area contributed by atoms with Crippen molar-refractivity contribution >= 4 is 17.3 Å². The van der Waals surface area contributed by atoms with Crippen LogP contribution in [0.15, 0.2) is 17.5 Å². The molecule has 0 amide bonds. The van der Waals surface area contributed by atoms with E-state index in [9.17, 15) is 9.90 Å². The molecule has 1 aromatic rings. The van der Waals surface area contributed by atoms with Gasteiger partial charge in [-0.25, -0.2) is 0 Å². The van der Waals surface area contributed by atoms with Crippen LogP contribution in [0.5, 0.6) is 0 Å². The molecular formula is C13H19NO3S. The average molecular weight is 269 g/mol. The number of carboxylic acids is 1. The fourth-order valence-electron chi connectivity index (χ4n) is 2.50. The standard InChI is InChI=1S/C13H19NO3S/c1-9(2)12(11-4-3-7-18-11)14-5-6-17-8-10(14)13(15)16/h3-4,7,9-10,12H,5-6,8H2,1-2H3,(H,15,16). The molecule has 0 bridgehead atoms. The Morgan fingerprint density at radius 2 is 2.39 bits per heavy atom. The molecule has 5 heteroatoms. The molecule has 1 N–H and O–H groups in total. The number of thiophene rings is 1. The first-order chi connectivity index (χ1) is 8.61. The highest BCUT2D eigenvalue weighted by Gasteiger charge is 2.36. The Labute approximate surface area is 111 Å². The Bertz CT molecular complexity index is 391. The van der Waals surface area contributed by atoms with E-state index in [-0.39, 0.29) is 12.6 Å². The summed E-state index contributed by atoms with van der Waals surface area (Å²) >= 11 is 1.69. The van der Waals surface area contributed by atoms with Crippen LogP contribution in [-0.2, 0) is 9.53 Å². The molecule has 0 aromatic carbocycles. The molecule has 1 saturated heterocycles. The van der Waals surface area contributed by atoms with Crippen molar-refractivity contribution in [1.82, 2.24) is 4.90 Å². The van der Waals surface area contributed by atoms with Gasteiger partial charge in [-0.2, -0.15) is 0 Å². The number of hydrogen-bond acceptors (Lipinski definition) is 4. The Morgan fingerprint density at radius 1 is 1.61 bits per heavy atom. The lowest BCUT2D eigenvalue weighted by molar-refractivity contribution is -0.152. The SMILES string of the molecule is CC(C)C(c1cccs1)N1CCOCC1C(=O)O. The maximum Gasteiger partial charge on any atom is 0.323 e. The van der Waals surface area contributed by atoms with Crippen LogP contribution in [-0.4, -0.2) is 41.8 Å². The van der Waals surface area contributed by atoms with Gasteiger partial charge in [0.15, 0.2) is 0 Å². The molecular weight excluding hydrogens is 250 g/mol. The number of nitrogens with zero attached hydrogens (tertiary/aromatic N) is 1. The topological polar surface area (TPSA) is 49.8 Å². The van der Waals surface area contributed by atoms with E-state index in [1.54, 1.807) is 11.3 Å². The van der Waals surface area contributed by atoms with Gasteiger partial charge in [-0.3, -0.25) is 9.69 Å². The molecule has 0 aliphatic carbocycles. The maximum absolute atomic E-state index is 11.3. The predicted molar refractivity (Wildman–Crippen MR) is 70.8 cm³/mol. The van der Waals surface area contributed by atoms with Gasteiger partial charge in [0.05, 0.1) is 13.2 Å². The lowest BCUT2D eigenvalue weighted by Gasteiger charge is -2.40. The zero-order valence-electron chi connectivity index (χ0n) is 10.7. The molecule has 1 aliphatic heterocycles. The minimum absolute atomic E-state index is 0.162. The Kier molecular flexibility index (Phi) is 4.37. The summed E-state index contributed by atoms with van der Waals surface area (Å²) < 4.78 is 5.30. The first kappa shape index (κ1) is 13.5. The van der Waals surface area contributed by atoms with Crippen LogP contribution >= 0.6 is 11.3 Å². The third-order valence-corrected chi connectivity index (χ3v) is 4.22. The van der Waals surface area contributed by atoms with Gasteiger partial charge in [0.1, 0.15) is 6.04 Å². The Morgan fingerprint density at radius 3 is 2.94 bits per heavy atom. The Balaban J connectivity index is 2.26. The zero-order chi connectivity index (χ0) is 13.1. The predicted octanol–water partition coefficient (Wildman–Crippen LogP) is 2.23. The summed E-state index contributed by atoms with van der Waals surface area (Å²) in [5.41, 5.74) is 0. The van der Waals surface area contributed by atoms with Gasteiger partial charge < -0.3 is 9.84 Å². The molecule has 0 spiro atoms. The molecule has 2 unspecified atom stereocenters. The fraction of sp³-hybridized carbons (Fsp3) is 0.615. The van der Waals surface area contributed by atoms with Gasteiger partial charge >= 0.3 is 5.97 Å². The van der Waals surface area contributed by atoms with Crippen LogP contribution in [0.4, 0.5) is 0 Å². The number of rotatable bonds is 4. The summed E-state index contributed by atoms with van der Waals surface area (Å²) in [5.74, 6) is -0.416. The van der Waals surface area contributed by atoms with Crippen LogP contribution in [0.1, 0.15) is 24.8 Å². The van der Waals surface area contributed by atoms with Crippen LogP contribution in [0, 0.1) is 5.92 Å². The van der Waals surface area contributed by atoms with E-state index in [1.807, 2.05) is 11.4 Å². The normalized spacial score (nSPS) is 23.2. The summed E-state index contributed by atoms with van der Waals surface area (Å²) in [4.78, 5) is 14.6. The molecule has 1 fully saturated rings. The first-order valence-corrected chi connectivity index (χ1v) is 7.09. The third kappa shape index (κ3) is 2.74. The highest BCUT2D eigenvalue weighted by Crippen LogP contribution is 2.34. The number of carbonyl (C=O) groups is 1. The molecule has 1 aliphatic rings. The van der Waals surface area contributed by atoms with Gasteiger partial charge in [0, 0.05) is 17.5 Å².